The molecule has 0 aliphatic carbocycles. The van der Waals surface area contributed by atoms with Crippen molar-refractivity contribution >= 4 is 11.7 Å². The molecule has 1 saturated heterocycles. The van der Waals surface area contributed by atoms with Crippen molar-refractivity contribution in [2.75, 3.05) is 0 Å². The second-order valence-electron chi connectivity index (χ2n) is 3.66. The van der Waals surface area contributed by atoms with E-state index in [1.165, 1.54) is 0 Å². The first-order valence-corrected chi connectivity index (χ1v) is 5.40. The summed E-state index contributed by atoms with van der Waals surface area (Å²) < 4.78 is 4.88. The fraction of sp³-hybridized carbons (Fsp3) is 0.500. The van der Waals surface area contributed by atoms with E-state index in [2.05, 4.69) is 0 Å². The number of carbonyl (C=O) groups is 2. The molecule has 2 N–H and O–H groups in total. The maximum atomic E-state index is 11.4. The Balaban J connectivity index is 2.12. The van der Waals surface area contributed by atoms with Crippen molar-refractivity contribution < 1.29 is 14.3 Å². The minimum atomic E-state index is -0.681. The average molecular weight is 223 g/mol. The van der Waals surface area contributed by atoms with E-state index in [-0.39, 0.29) is 5.78 Å². The first-order chi connectivity index (χ1) is 7.66. The quantitative estimate of drug-likeness (QED) is 0.519. The van der Waals surface area contributed by atoms with E-state index in [4.69, 9.17) is 10.5 Å². The van der Waals surface area contributed by atoms with Crippen LogP contribution in [0.2, 0.25) is 0 Å². The number of nitrogens with two attached hydrogens (primary N) is 1. The highest BCUT2D eigenvalue weighted by atomic mass is 16.6. The third-order valence-electron chi connectivity index (χ3n) is 2.32. The topological polar surface area (TPSA) is 72.7 Å². The van der Waals surface area contributed by atoms with Crippen molar-refractivity contribution in [3.05, 3.63) is 24.3 Å². The van der Waals surface area contributed by atoms with Crippen LogP contribution in [0.15, 0.2) is 24.3 Å². The zero-order valence-corrected chi connectivity index (χ0v) is 9.39. The minimum Gasteiger partial charge on any atom is -0.367 e. The molecule has 1 fully saturated rings. The molecule has 1 heterocycles. The number of rotatable bonds is 7. The summed E-state index contributed by atoms with van der Waals surface area (Å²) in [6, 6.07) is 0. The molecule has 4 nitrogen and oxygen atoms in total. The highest BCUT2D eigenvalue weighted by Gasteiger charge is 2.48. The largest absolute Gasteiger partial charge is 0.367 e. The number of ether oxygens (including phenoxy) is 1. The first-order valence-electron chi connectivity index (χ1n) is 5.40. The highest BCUT2D eigenvalue weighted by Crippen LogP contribution is 2.24. The van der Waals surface area contributed by atoms with Crippen molar-refractivity contribution in [2.45, 2.75) is 38.4 Å². The summed E-state index contributed by atoms with van der Waals surface area (Å²) in [5, 5.41) is 0. The Labute approximate surface area is 95.1 Å². The van der Waals surface area contributed by atoms with Crippen LogP contribution in [0.1, 0.15) is 26.2 Å². The van der Waals surface area contributed by atoms with Gasteiger partial charge in [0.2, 0.25) is 5.91 Å². The van der Waals surface area contributed by atoms with Crippen molar-refractivity contribution in [1.29, 1.82) is 0 Å². The van der Waals surface area contributed by atoms with E-state index >= 15 is 0 Å². The van der Waals surface area contributed by atoms with Crippen molar-refractivity contribution in [3.63, 3.8) is 0 Å². The predicted molar refractivity (Wildman–Crippen MR) is 60.7 cm³/mol. The molecule has 2 atom stereocenters. The molecule has 0 spiro atoms. The second kappa shape index (κ2) is 6.23. The molecule has 1 aliphatic rings. The lowest BCUT2D eigenvalue weighted by Gasteiger charge is -1.92. The fourth-order valence-electron chi connectivity index (χ4n) is 1.37. The van der Waals surface area contributed by atoms with Crippen LogP contribution >= 0.6 is 0 Å². The summed E-state index contributed by atoms with van der Waals surface area (Å²) in [6.45, 7) is 1.96. The molecule has 0 aromatic heterocycles. The molecular formula is C12H17NO3. The van der Waals surface area contributed by atoms with E-state index < -0.39 is 18.1 Å². The van der Waals surface area contributed by atoms with Crippen LogP contribution in [0, 0.1) is 0 Å². The molecule has 88 valence electrons. The number of epoxide rings is 1. The van der Waals surface area contributed by atoms with Crippen LogP contribution in [-0.2, 0) is 14.3 Å². The molecular weight excluding hydrogens is 206 g/mol. The summed E-state index contributed by atoms with van der Waals surface area (Å²) >= 11 is 0. The molecule has 1 rings (SSSR count). The van der Waals surface area contributed by atoms with Crippen molar-refractivity contribution in [3.8, 4) is 0 Å². The van der Waals surface area contributed by atoms with Gasteiger partial charge in [0.25, 0.3) is 0 Å². The molecule has 1 aliphatic heterocycles. The minimum absolute atomic E-state index is 0.0421. The Morgan fingerprint density at radius 2 is 2.00 bits per heavy atom. The maximum Gasteiger partial charge on any atom is 0.249 e. The number of hydrogen-bond donors (Lipinski definition) is 1. The van der Waals surface area contributed by atoms with Gasteiger partial charge in [-0.1, -0.05) is 24.3 Å². The zero-order chi connectivity index (χ0) is 12.0. The molecule has 0 radical (unpaired) electrons. The van der Waals surface area contributed by atoms with E-state index in [0.29, 0.717) is 12.8 Å². The van der Waals surface area contributed by atoms with E-state index in [1.54, 1.807) is 0 Å². The SMILES string of the molecule is CC=CCC=CCCC(=O)[C@H]1O[C@@H]1C(N)=O. The first kappa shape index (κ1) is 12.6. The lowest BCUT2D eigenvalue weighted by atomic mass is 10.1. The van der Waals surface area contributed by atoms with Crippen molar-refractivity contribution in [1.82, 2.24) is 0 Å². The molecule has 0 aromatic carbocycles. The Morgan fingerprint density at radius 1 is 1.25 bits per heavy atom. The van der Waals surface area contributed by atoms with Crippen LogP contribution in [0.25, 0.3) is 0 Å². The van der Waals surface area contributed by atoms with Crippen LogP contribution in [0.5, 0.6) is 0 Å². The Bertz CT molecular complexity index is 320. The van der Waals surface area contributed by atoms with Gasteiger partial charge >= 0.3 is 0 Å². The van der Waals surface area contributed by atoms with Crippen LogP contribution < -0.4 is 5.73 Å². The summed E-state index contributed by atoms with van der Waals surface area (Å²) in [5.41, 5.74) is 5.00. The lowest BCUT2D eigenvalue weighted by molar-refractivity contribution is -0.121. The molecule has 1 amide bonds. The maximum absolute atomic E-state index is 11.4. The standard InChI is InChI=1S/C12H17NO3/c1-2-3-4-5-6-7-8-9(14)10-11(16-10)12(13)15/h2-3,5-6,10-11H,4,7-8H2,1H3,(H2,13,15)/t10-,11+/m1/s1. The third-order valence-corrected chi connectivity index (χ3v) is 2.32. The second-order valence-corrected chi connectivity index (χ2v) is 3.66. The summed E-state index contributed by atoms with van der Waals surface area (Å²) in [6.07, 6.45) is 8.68. The number of primary amides is 1. The van der Waals surface area contributed by atoms with Gasteiger partial charge < -0.3 is 10.5 Å². The van der Waals surface area contributed by atoms with E-state index in [9.17, 15) is 9.59 Å². The van der Waals surface area contributed by atoms with Gasteiger partial charge in [0.05, 0.1) is 0 Å². The van der Waals surface area contributed by atoms with E-state index in [0.717, 1.165) is 6.42 Å². The summed E-state index contributed by atoms with van der Waals surface area (Å²) in [4.78, 5) is 22.1. The molecule has 16 heavy (non-hydrogen) atoms. The Kier molecular flexibility index (Phi) is 4.92. The number of hydrogen-bond acceptors (Lipinski definition) is 3. The number of Topliss-reactive ketones (excluding diaryl/α,β-unsaturated/α-hetero) is 1. The van der Waals surface area contributed by atoms with E-state index in [1.807, 2.05) is 31.2 Å². The highest BCUT2D eigenvalue weighted by molar-refractivity contribution is 5.95. The smallest absolute Gasteiger partial charge is 0.249 e. The predicted octanol–water partition coefficient (Wildman–Crippen LogP) is 1.11. The van der Waals surface area contributed by atoms with Gasteiger partial charge in [-0.25, -0.2) is 0 Å². The van der Waals surface area contributed by atoms with Crippen LogP contribution in [-0.4, -0.2) is 23.9 Å². The molecule has 0 saturated carbocycles. The summed E-state index contributed by atoms with van der Waals surface area (Å²) in [5.74, 6) is -0.596. The lowest BCUT2D eigenvalue weighted by Crippen LogP contribution is -2.22. The fourth-order valence-corrected chi connectivity index (χ4v) is 1.37. The molecule has 4 heteroatoms. The Hall–Kier alpha value is -1.42. The number of carbonyl (C=O) groups excluding carboxylic acids is 2. The zero-order valence-electron chi connectivity index (χ0n) is 9.39. The Morgan fingerprint density at radius 3 is 2.56 bits per heavy atom. The summed E-state index contributed by atoms with van der Waals surface area (Å²) in [7, 11) is 0. The van der Waals surface area contributed by atoms with Gasteiger partial charge in [0.1, 0.15) is 0 Å². The normalized spacial score (nSPS) is 24.1. The van der Waals surface area contributed by atoms with Gasteiger partial charge in [-0.3, -0.25) is 9.59 Å². The number of amides is 1. The van der Waals surface area contributed by atoms with Gasteiger partial charge in [-0.05, 0) is 19.8 Å². The van der Waals surface area contributed by atoms with Crippen molar-refractivity contribution in [2.24, 2.45) is 5.73 Å². The molecule has 0 unspecified atom stereocenters. The van der Waals surface area contributed by atoms with Gasteiger partial charge in [0.15, 0.2) is 18.0 Å². The number of allylic oxidation sites excluding steroid dienone is 4. The van der Waals surface area contributed by atoms with Crippen LogP contribution in [0.4, 0.5) is 0 Å². The number of ketones is 1. The van der Waals surface area contributed by atoms with Gasteiger partial charge in [-0.15, -0.1) is 0 Å². The van der Waals surface area contributed by atoms with Gasteiger partial charge in [-0.2, -0.15) is 0 Å². The monoisotopic (exact) mass is 223 g/mol. The third kappa shape index (κ3) is 3.98. The molecule has 0 bridgehead atoms. The molecule has 0 aromatic rings. The average Bonchev–Trinajstić information content (AvgIpc) is 3.02. The van der Waals surface area contributed by atoms with Crippen LogP contribution in [0.3, 0.4) is 0 Å². The van der Waals surface area contributed by atoms with Gasteiger partial charge in [0, 0.05) is 6.42 Å².